The van der Waals surface area contributed by atoms with E-state index < -0.39 is 5.54 Å². The van der Waals surface area contributed by atoms with Gasteiger partial charge in [0, 0.05) is 17.7 Å². The molecule has 4 nitrogen and oxygen atoms in total. The van der Waals surface area contributed by atoms with Crippen LogP contribution in [0.3, 0.4) is 0 Å². The van der Waals surface area contributed by atoms with Crippen molar-refractivity contribution in [1.82, 2.24) is 0 Å². The molecule has 1 aliphatic heterocycles. The molecule has 1 aliphatic rings. The molecule has 0 fully saturated rings. The zero-order valence-corrected chi connectivity index (χ0v) is 21.5. The predicted octanol–water partition coefficient (Wildman–Crippen LogP) is 6.70. The van der Waals surface area contributed by atoms with Gasteiger partial charge in [0.05, 0.1) is 5.71 Å². The van der Waals surface area contributed by atoms with Crippen LogP contribution in [0.5, 0.6) is 0 Å². The second-order valence-electron chi connectivity index (χ2n) is 8.36. The number of nitrogens with zero attached hydrogens (tertiary/aromatic N) is 1. The average Bonchev–Trinajstić information content (AvgIpc) is 3.53. The first-order valence-electron chi connectivity index (χ1n) is 12.0. The van der Waals surface area contributed by atoms with Crippen LogP contribution in [0, 0.1) is 5.41 Å². The summed E-state index contributed by atoms with van der Waals surface area (Å²) < 4.78 is 0. The SMILES string of the molecule is C=CN.CCc1ccc(Cc2cccs2)cc1.N=C1CC(N)=NC1(c1ccccc1)c1ccccc1. The maximum Gasteiger partial charge on any atom is 0.150 e. The maximum atomic E-state index is 8.36. The van der Waals surface area contributed by atoms with E-state index >= 15 is 0 Å². The molecule has 0 amide bonds. The second-order valence-corrected chi connectivity index (χ2v) is 9.40. The predicted molar refractivity (Wildman–Crippen MR) is 155 cm³/mol. The zero-order chi connectivity index (χ0) is 25.8. The minimum atomic E-state index is -0.743. The topological polar surface area (TPSA) is 88.2 Å². The number of hydrogen-bond donors (Lipinski definition) is 3. The van der Waals surface area contributed by atoms with Gasteiger partial charge in [0.2, 0.25) is 0 Å². The number of nitrogens with one attached hydrogen (secondary N) is 1. The Morgan fingerprint density at radius 1 is 0.889 bits per heavy atom. The summed E-state index contributed by atoms with van der Waals surface area (Å²) in [6.07, 6.45) is 3.88. The van der Waals surface area contributed by atoms with E-state index in [9.17, 15) is 0 Å². The van der Waals surface area contributed by atoms with E-state index in [2.05, 4.69) is 66.0 Å². The van der Waals surface area contributed by atoms with Crippen molar-refractivity contribution in [2.75, 3.05) is 0 Å². The van der Waals surface area contributed by atoms with Crippen LogP contribution in [-0.4, -0.2) is 11.5 Å². The maximum absolute atomic E-state index is 8.36. The molecule has 0 aliphatic carbocycles. The summed E-state index contributed by atoms with van der Waals surface area (Å²) in [4.78, 5) is 6.05. The Morgan fingerprint density at radius 3 is 1.83 bits per heavy atom. The summed E-state index contributed by atoms with van der Waals surface area (Å²) >= 11 is 1.83. The lowest BCUT2D eigenvalue weighted by Gasteiger charge is -2.27. The van der Waals surface area contributed by atoms with E-state index in [0.717, 1.165) is 24.0 Å². The van der Waals surface area contributed by atoms with Crippen LogP contribution < -0.4 is 11.5 Å². The third-order valence-corrected chi connectivity index (χ3v) is 6.76. The largest absolute Gasteiger partial charge is 0.405 e. The van der Waals surface area contributed by atoms with Crippen molar-refractivity contribution >= 4 is 22.9 Å². The molecule has 5 rings (SSSR count). The molecule has 2 heterocycles. The first-order chi connectivity index (χ1) is 17.5. The lowest BCUT2D eigenvalue weighted by molar-refractivity contribution is 0.739. The standard InChI is InChI=1S/C16H15N3.C13H14S.C2H5N/c17-14-11-15(18)19-16(14,12-7-3-1-4-8-12)13-9-5-2-6-10-13;1-2-11-5-7-12(8-6-11)10-13-4-3-9-14-13;1-2-3/h1-10,17H,11H2,(H2,18,19);3-9H,2,10H2,1H3;2H,1,3H2. The van der Waals surface area contributed by atoms with Gasteiger partial charge in [-0.05, 0) is 46.3 Å². The lowest BCUT2D eigenvalue weighted by Crippen LogP contribution is -2.31. The van der Waals surface area contributed by atoms with E-state index in [1.807, 2.05) is 72.0 Å². The molecule has 0 unspecified atom stereocenters. The highest BCUT2D eigenvalue weighted by molar-refractivity contribution is 7.09. The van der Waals surface area contributed by atoms with Crippen LogP contribution in [0.25, 0.3) is 0 Å². The summed E-state index contributed by atoms with van der Waals surface area (Å²) in [5.41, 5.74) is 15.1. The highest BCUT2D eigenvalue weighted by Crippen LogP contribution is 2.39. The van der Waals surface area contributed by atoms with Gasteiger partial charge in [-0.2, -0.15) is 0 Å². The Bertz CT molecular complexity index is 1210. The van der Waals surface area contributed by atoms with E-state index in [0.29, 0.717) is 18.0 Å². The fourth-order valence-electron chi connectivity index (χ4n) is 4.14. The quantitative estimate of drug-likeness (QED) is 0.288. The molecule has 36 heavy (non-hydrogen) atoms. The molecule has 3 aromatic carbocycles. The molecule has 0 bridgehead atoms. The number of hydrogen-bond acceptors (Lipinski definition) is 5. The van der Waals surface area contributed by atoms with Crippen LogP contribution in [0.1, 0.15) is 40.5 Å². The Balaban J connectivity index is 0.000000188. The molecule has 184 valence electrons. The first-order valence-corrected chi connectivity index (χ1v) is 12.9. The summed E-state index contributed by atoms with van der Waals surface area (Å²) in [5, 5.41) is 10.5. The van der Waals surface area contributed by atoms with Crippen molar-refractivity contribution in [2.24, 2.45) is 16.5 Å². The minimum Gasteiger partial charge on any atom is -0.405 e. The monoisotopic (exact) mass is 494 g/mol. The number of aliphatic imine (C=N–C) groups is 1. The van der Waals surface area contributed by atoms with Crippen LogP contribution in [-0.2, 0) is 18.4 Å². The van der Waals surface area contributed by atoms with Gasteiger partial charge in [0.15, 0.2) is 5.54 Å². The van der Waals surface area contributed by atoms with Crippen molar-refractivity contribution < 1.29 is 0 Å². The Hall–Kier alpha value is -3.96. The molecule has 4 aromatic rings. The third kappa shape index (κ3) is 6.58. The second kappa shape index (κ2) is 13.2. The van der Waals surface area contributed by atoms with Crippen molar-refractivity contribution in [3.8, 4) is 0 Å². The van der Waals surface area contributed by atoms with E-state index in [1.54, 1.807) is 0 Å². The summed E-state index contributed by atoms with van der Waals surface area (Å²) in [6, 6.07) is 33.0. The summed E-state index contributed by atoms with van der Waals surface area (Å²) in [6.45, 7) is 5.33. The van der Waals surface area contributed by atoms with Crippen LogP contribution in [0.15, 0.2) is 120 Å². The van der Waals surface area contributed by atoms with Crippen molar-refractivity contribution in [2.45, 2.75) is 31.7 Å². The molecule has 0 saturated heterocycles. The van der Waals surface area contributed by atoms with Crippen molar-refractivity contribution in [3.63, 3.8) is 0 Å². The fourth-order valence-corrected chi connectivity index (χ4v) is 4.88. The zero-order valence-electron chi connectivity index (χ0n) is 20.7. The van der Waals surface area contributed by atoms with Gasteiger partial charge in [0.25, 0.3) is 0 Å². The molecule has 0 radical (unpaired) electrons. The normalized spacial score (nSPS) is 13.5. The van der Waals surface area contributed by atoms with Gasteiger partial charge in [-0.3, -0.25) is 4.99 Å². The molecular formula is C31H34N4S. The van der Waals surface area contributed by atoms with Crippen molar-refractivity contribution in [3.05, 3.63) is 142 Å². The first kappa shape index (κ1) is 26.6. The number of aryl methyl sites for hydroxylation is 1. The Kier molecular flexibility index (Phi) is 9.78. The van der Waals surface area contributed by atoms with Crippen molar-refractivity contribution in [1.29, 1.82) is 5.41 Å². The molecular weight excluding hydrogens is 460 g/mol. The van der Waals surface area contributed by atoms with Crippen LogP contribution >= 0.6 is 11.3 Å². The number of amidine groups is 1. The van der Waals surface area contributed by atoms with Gasteiger partial charge < -0.3 is 16.9 Å². The van der Waals surface area contributed by atoms with Gasteiger partial charge in [-0.1, -0.05) is 104 Å². The van der Waals surface area contributed by atoms with Gasteiger partial charge in [0.1, 0.15) is 5.84 Å². The number of nitrogens with two attached hydrogens (primary N) is 2. The number of thiophene rings is 1. The molecule has 1 aromatic heterocycles. The van der Waals surface area contributed by atoms with Gasteiger partial charge in [-0.25, -0.2) is 0 Å². The molecule has 0 atom stereocenters. The minimum absolute atomic E-state index is 0.434. The number of rotatable bonds is 5. The van der Waals surface area contributed by atoms with Crippen LogP contribution in [0.4, 0.5) is 0 Å². The lowest BCUT2D eigenvalue weighted by atomic mass is 9.80. The highest BCUT2D eigenvalue weighted by atomic mass is 32.1. The molecule has 0 spiro atoms. The number of benzene rings is 3. The van der Waals surface area contributed by atoms with Gasteiger partial charge in [-0.15, -0.1) is 11.3 Å². The third-order valence-electron chi connectivity index (χ3n) is 5.88. The summed E-state index contributed by atoms with van der Waals surface area (Å²) in [7, 11) is 0. The highest BCUT2D eigenvalue weighted by Gasteiger charge is 2.42. The smallest absolute Gasteiger partial charge is 0.150 e. The van der Waals surface area contributed by atoms with E-state index in [-0.39, 0.29) is 0 Å². The van der Waals surface area contributed by atoms with Crippen LogP contribution in [0.2, 0.25) is 0 Å². The average molecular weight is 495 g/mol. The Labute approximate surface area is 218 Å². The Morgan fingerprint density at radius 2 is 1.42 bits per heavy atom. The molecule has 5 N–H and O–H groups in total. The molecule has 5 heteroatoms. The van der Waals surface area contributed by atoms with E-state index in [4.69, 9.17) is 11.1 Å². The summed E-state index contributed by atoms with van der Waals surface area (Å²) in [5.74, 6) is 0.526. The molecule has 0 saturated carbocycles. The van der Waals surface area contributed by atoms with E-state index in [1.165, 1.54) is 22.2 Å². The fraction of sp³-hybridized carbons (Fsp3) is 0.161. The van der Waals surface area contributed by atoms with Gasteiger partial charge >= 0.3 is 0 Å².